The highest BCUT2D eigenvalue weighted by atomic mass is 79.9. The van der Waals surface area contributed by atoms with Crippen molar-refractivity contribution in [3.05, 3.63) is 10.2 Å². The van der Waals surface area contributed by atoms with Gasteiger partial charge >= 0.3 is 12.1 Å². The van der Waals surface area contributed by atoms with E-state index in [4.69, 9.17) is 9.47 Å². The Hall–Kier alpha value is -1.24. The van der Waals surface area contributed by atoms with Gasteiger partial charge in [0.05, 0.1) is 5.70 Å². The van der Waals surface area contributed by atoms with E-state index in [-0.39, 0.29) is 12.1 Å². The summed E-state index contributed by atoms with van der Waals surface area (Å²) in [6.45, 7) is 9.48. The first-order valence-electron chi connectivity index (χ1n) is 8.98. The first-order chi connectivity index (χ1) is 11.7. The molecule has 3 aliphatic rings. The number of hydrogen-bond donors (Lipinski definition) is 0. The van der Waals surface area contributed by atoms with E-state index in [2.05, 4.69) is 20.8 Å². The van der Waals surface area contributed by atoms with Crippen LogP contribution in [0.15, 0.2) is 10.2 Å². The third-order valence-electron chi connectivity index (χ3n) is 5.45. The second-order valence-electron chi connectivity index (χ2n) is 8.29. The molecule has 0 aromatic rings. The molecule has 25 heavy (non-hydrogen) atoms. The third-order valence-corrected chi connectivity index (χ3v) is 6.24. The van der Waals surface area contributed by atoms with Crippen LogP contribution in [0.4, 0.5) is 4.79 Å². The molecule has 0 unspecified atom stereocenters. The van der Waals surface area contributed by atoms with Crippen molar-refractivity contribution >= 4 is 28.0 Å². The molecule has 3 rings (SSSR count). The monoisotopic (exact) mass is 414 g/mol. The molecule has 2 saturated heterocycles. The van der Waals surface area contributed by atoms with Crippen LogP contribution >= 0.6 is 15.9 Å². The Morgan fingerprint density at radius 3 is 2.16 bits per heavy atom. The van der Waals surface area contributed by atoms with Gasteiger partial charge in [-0.15, -0.1) is 0 Å². The fraction of sp³-hybridized carbons (Fsp3) is 0.778. The molecular formula is C18H27BrN2O4. The number of carbonyl (C=O) groups excluding carboxylic acids is 2. The van der Waals surface area contributed by atoms with E-state index in [1.807, 2.05) is 25.7 Å². The van der Waals surface area contributed by atoms with Crippen LogP contribution in [0.25, 0.3) is 0 Å². The maximum absolute atomic E-state index is 12.2. The van der Waals surface area contributed by atoms with Crippen molar-refractivity contribution in [2.75, 3.05) is 32.8 Å². The van der Waals surface area contributed by atoms with Gasteiger partial charge in [0.15, 0.2) is 0 Å². The molecule has 0 aromatic heterocycles. The van der Waals surface area contributed by atoms with Crippen LogP contribution < -0.4 is 0 Å². The van der Waals surface area contributed by atoms with Crippen LogP contribution in [0.1, 0.15) is 46.5 Å². The Balaban J connectivity index is 1.52. The van der Waals surface area contributed by atoms with E-state index in [1.54, 1.807) is 0 Å². The molecule has 1 spiro atoms. The van der Waals surface area contributed by atoms with Gasteiger partial charge in [0.25, 0.3) is 0 Å². The first-order valence-corrected chi connectivity index (χ1v) is 9.77. The third kappa shape index (κ3) is 4.13. The summed E-state index contributed by atoms with van der Waals surface area (Å²) in [4.78, 5) is 27.8. The molecule has 0 saturated carbocycles. The number of cyclic esters (lactones) is 1. The topological polar surface area (TPSA) is 59.1 Å². The highest BCUT2D eigenvalue weighted by Gasteiger charge is 2.40. The van der Waals surface area contributed by atoms with E-state index >= 15 is 0 Å². The number of esters is 1. The minimum absolute atomic E-state index is 0.199. The standard InChI is InChI=1S/C18H27BrN2O4/c1-17(2,3)25-16(23)21-10-6-18(7-11-21)4-8-20(9-5-18)13-12-24-15(22)14(13)19/h4-12H2,1-3H3. The van der Waals surface area contributed by atoms with Gasteiger partial charge in [-0.3, -0.25) is 0 Å². The number of halogens is 1. The summed E-state index contributed by atoms with van der Waals surface area (Å²) in [5.41, 5.74) is 0.844. The lowest BCUT2D eigenvalue weighted by Gasteiger charge is -2.47. The van der Waals surface area contributed by atoms with Gasteiger partial charge < -0.3 is 19.3 Å². The van der Waals surface area contributed by atoms with Gasteiger partial charge in [-0.1, -0.05) is 0 Å². The van der Waals surface area contributed by atoms with Crippen LogP contribution in [0.3, 0.4) is 0 Å². The Morgan fingerprint density at radius 2 is 1.68 bits per heavy atom. The van der Waals surface area contributed by atoms with Crippen LogP contribution in [0, 0.1) is 5.41 Å². The van der Waals surface area contributed by atoms with Gasteiger partial charge in [0.2, 0.25) is 0 Å². The molecule has 7 heteroatoms. The van der Waals surface area contributed by atoms with Crippen LogP contribution in [0.2, 0.25) is 0 Å². The number of amides is 1. The second-order valence-corrected chi connectivity index (χ2v) is 9.08. The molecule has 0 aromatic carbocycles. The van der Waals surface area contributed by atoms with E-state index in [1.165, 1.54) is 0 Å². The fourth-order valence-electron chi connectivity index (χ4n) is 3.85. The molecule has 140 valence electrons. The number of piperidine rings is 2. The average Bonchev–Trinajstić information content (AvgIpc) is 2.87. The minimum atomic E-state index is -0.445. The predicted octanol–water partition coefficient (Wildman–Crippen LogP) is 3.26. The largest absolute Gasteiger partial charge is 0.455 e. The van der Waals surface area contributed by atoms with Gasteiger partial charge in [-0.2, -0.15) is 0 Å². The quantitative estimate of drug-likeness (QED) is 0.616. The van der Waals surface area contributed by atoms with Crippen molar-refractivity contribution < 1.29 is 19.1 Å². The predicted molar refractivity (Wildman–Crippen MR) is 97.2 cm³/mol. The molecular weight excluding hydrogens is 388 g/mol. The van der Waals surface area contributed by atoms with E-state index in [0.29, 0.717) is 16.5 Å². The van der Waals surface area contributed by atoms with Crippen LogP contribution in [0.5, 0.6) is 0 Å². The van der Waals surface area contributed by atoms with E-state index < -0.39 is 5.60 Å². The minimum Gasteiger partial charge on any atom is -0.455 e. The number of ether oxygens (including phenoxy) is 2. The number of rotatable bonds is 1. The normalized spacial score (nSPS) is 23.9. The van der Waals surface area contributed by atoms with Crippen molar-refractivity contribution in [1.82, 2.24) is 9.80 Å². The van der Waals surface area contributed by atoms with Gasteiger partial charge in [-0.25, -0.2) is 9.59 Å². The summed E-state index contributed by atoms with van der Waals surface area (Å²) in [5, 5.41) is 0. The van der Waals surface area contributed by atoms with Gasteiger partial charge in [-0.05, 0) is 67.8 Å². The van der Waals surface area contributed by atoms with Crippen molar-refractivity contribution in [1.29, 1.82) is 0 Å². The first kappa shape index (κ1) is 18.5. The summed E-state index contributed by atoms with van der Waals surface area (Å²) >= 11 is 3.35. The van der Waals surface area contributed by atoms with Crippen molar-refractivity contribution in [3.8, 4) is 0 Å². The maximum Gasteiger partial charge on any atom is 0.410 e. The number of nitrogens with zero attached hydrogens (tertiary/aromatic N) is 2. The van der Waals surface area contributed by atoms with E-state index in [9.17, 15) is 9.59 Å². The zero-order valence-corrected chi connectivity index (χ0v) is 16.9. The highest BCUT2D eigenvalue weighted by Crippen LogP contribution is 2.43. The Bertz CT molecular complexity index is 578. The molecule has 3 heterocycles. The van der Waals surface area contributed by atoms with Crippen LogP contribution in [-0.2, 0) is 14.3 Å². The number of likely N-dealkylation sites (tertiary alicyclic amines) is 2. The molecule has 0 N–H and O–H groups in total. The number of hydrogen-bond acceptors (Lipinski definition) is 5. The van der Waals surface area contributed by atoms with Crippen molar-refractivity contribution in [2.45, 2.75) is 52.1 Å². The average molecular weight is 415 g/mol. The molecule has 0 aliphatic carbocycles. The van der Waals surface area contributed by atoms with E-state index in [0.717, 1.165) is 57.6 Å². The Morgan fingerprint density at radius 1 is 1.12 bits per heavy atom. The molecule has 2 fully saturated rings. The zero-order chi connectivity index (χ0) is 18.2. The summed E-state index contributed by atoms with van der Waals surface area (Å²) in [5.74, 6) is -0.263. The maximum atomic E-state index is 12.2. The smallest absolute Gasteiger partial charge is 0.410 e. The van der Waals surface area contributed by atoms with Crippen molar-refractivity contribution in [2.24, 2.45) is 5.41 Å². The van der Waals surface area contributed by atoms with Gasteiger partial charge in [0, 0.05) is 26.2 Å². The summed E-state index contributed by atoms with van der Waals surface area (Å²) in [6, 6.07) is 0. The van der Waals surface area contributed by atoms with Gasteiger partial charge in [0.1, 0.15) is 16.7 Å². The zero-order valence-electron chi connectivity index (χ0n) is 15.3. The molecule has 0 atom stereocenters. The number of carbonyl (C=O) groups is 2. The lowest BCUT2D eigenvalue weighted by molar-refractivity contribution is -0.135. The molecule has 0 bridgehead atoms. The molecule has 0 radical (unpaired) electrons. The van der Waals surface area contributed by atoms with Crippen molar-refractivity contribution in [3.63, 3.8) is 0 Å². The highest BCUT2D eigenvalue weighted by molar-refractivity contribution is 9.12. The lowest BCUT2D eigenvalue weighted by Crippen LogP contribution is -2.49. The molecule has 6 nitrogen and oxygen atoms in total. The lowest BCUT2D eigenvalue weighted by atomic mass is 9.71. The summed E-state index contributed by atoms with van der Waals surface area (Å²) in [6.07, 6.45) is 4.03. The molecule has 1 amide bonds. The second kappa shape index (κ2) is 6.82. The summed E-state index contributed by atoms with van der Waals surface area (Å²) in [7, 11) is 0. The Labute approximate surface area is 157 Å². The fourth-order valence-corrected chi connectivity index (χ4v) is 4.33. The SMILES string of the molecule is CC(C)(C)OC(=O)N1CCC2(CC1)CCN(C1=C(Br)C(=O)OC1)CC2. The van der Waals surface area contributed by atoms with Crippen LogP contribution in [-0.4, -0.2) is 60.2 Å². The Kier molecular flexibility index (Phi) is 5.06. The molecule has 3 aliphatic heterocycles. The summed E-state index contributed by atoms with van der Waals surface area (Å²) < 4.78 is 11.1.